The van der Waals surface area contributed by atoms with Gasteiger partial charge in [0.2, 0.25) is 5.56 Å². The Morgan fingerprint density at radius 3 is 2.73 bits per heavy atom. The second-order valence-corrected chi connectivity index (χ2v) is 6.82. The van der Waals surface area contributed by atoms with Gasteiger partial charge in [-0.3, -0.25) is 9.59 Å². The molecule has 134 valence electrons. The Labute approximate surface area is 159 Å². The number of methoxy groups -OCH3 is 1. The van der Waals surface area contributed by atoms with Crippen LogP contribution in [0, 0.1) is 0 Å². The second-order valence-electron chi connectivity index (χ2n) is 5.97. The molecule has 2 aromatic carbocycles. The molecule has 0 aliphatic rings. The summed E-state index contributed by atoms with van der Waals surface area (Å²) in [5, 5.41) is 3.86. The molecule has 26 heavy (non-hydrogen) atoms. The smallest absolute Gasteiger partial charge is 0.256 e. The topological polar surface area (TPSA) is 71.2 Å². The molecular weight excluding hydrogens is 396 g/mol. The van der Waals surface area contributed by atoms with Crippen molar-refractivity contribution in [1.29, 1.82) is 0 Å². The zero-order valence-electron chi connectivity index (χ0n) is 14.6. The predicted octanol–water partition coefficient (Wildman–Crippen LogP) is 4.50. The van der Waals surface area contributed by atoms with Crippen molar-refractivity contribution in [3.05, 3.63) is 68.4 Å². The molecule has 0 radical (unpaired) electrons. The largest absolute Gasteiger partial charge is 0.497 e. The molecule has 0 saturated heterocycles. The average molecular weight is 415 g/mol. The van der Waals surface area contributed by atoms with E-state index in [0.29, 0.717) is 27.0 Å². The van der Waals surface area contributed by atoms with Gasteiger partial charge in [0.15, 0.2) is 0 Å². The van der Waals surface area contributed by atoms with E-state index < -0.39 is 0 Å². The van der Waals surface area contributed by atoms with Crippen molar-refractivity contribution in [1.82, 2.24) is 4.98 Å². The minimum absolute atomic E-state index is 0.139. The lowest BCUT2D eigenvalue weighted by Crippen LogP contribution is -2.13. The van der Waals surface area contributed by atoms with Gasteiger partial charge in [0.05, 0.1) is 18.2 Å². The summed E-state index contributed by atoms with van der Waals surface area (Å²) in [6.07, 6.45) is 1.80. The van der Waals surface area contributed by atoms with Crippen LogP contribution in [0.15, 0.2) is 51.7 Å². The maximum atomic E-state index is 12.6. The third kappa shape index (κ3) is 3.80. The van der Waals surface area contributed by atoms with E-state index in [2.05, 4.69) is 33.2 Å². The Morgan fingerprint density at radius 2 is 2.00 bits per heavy atom. The molecule has 1 amide bonds. The lowest BCUT2D eigenvalue weighted by molar-refractivity contribution is 0.102. The number of rotatable bonds is 5. The summed E-state index contributed by atoms with van der Waals surface area (Å²) in [5.41, 5.74) is 2.67. The number of fused-ring (bicyclic) bond motifs is 1. The second kappa shape index (κ2) is 7.74. The summed E-state index contributed by atoms with van der Waals surface area (Å²) in [5.74, 6) is 0.340. The minimum atomic E-state index is -0.262. The molecule has 2 N–H and O–H groups in total. The normalized spacial score (nSPS) is 10.7. The van der Waals surface area contributed by atoms with Crippen LogP contribution in [0.3, 0.4) is 0 Å². The molecule has 0 atom stereocenters. The third-order valence-electron chi connectivity index (χ3n) is 4.12. The van der Waals surface area contributed by atoms with Crippen LogP contribution >= 0.6 is 15.9 Å². The highest BCUT2D eigenvalue weighted by Crippen LogP contribution is 2.25. The van der Waals surface area contributed by atoms with Gasteiger partial charge in [-0.2, -0.15) is 0 Å². The molecule has 1 aromatic heterocycles. The first-order chi connectivity index (χ1) is 12.5. The fourth-order valence-electron chi connectivity index (χ4n) is 2.89. The number of amides is 1. The van der Waals surface area contributed by atoms with Crippen LogP contribution in [-0.4, -0.2) is 18.0 Å². The molecule has 0 bridgehead atoms. The maximum Gasteiger partial charge on any atom is 0.256 e. The van der Waals surface area contributed by atoms with Crippen LogP contribution in [0.4, 0.5) is 5.69 Å². The van der Waals surface area contributed by atoms with Gasteiger partial charge >= 0.3 is 0 Å². The first-order valence-electron chi connectivity index (χ1n) is 8.32. The van der Waals surface area contributed by atoms with Crippen LogP contribution in [0.25, 0.3) is 10.9 Å². The van der Waals surface area contributed by atoms with Gasteiger partial charge in [-0.05, 0) is 58.2 Å². The number of benzene rings is 2. The Hall–Kier alpha value is -2.60. The first-order valence-corrected chi connectivity index (χ1v) is 9.12. The standard InChI is InChI=1S/C20H19BrN2O3/c1-3-4-12-9-19(24)23-18-10-13(5-7-15(12)18)22-20(25)16-11-14(26-2)6-8-17(16)21/h5-11H,3-4H2,1-2H3,(H,22,25)(H,23,24). The van der Waals surface area contributed by atoms with E-state index >= 15 is 0 Å². The highest BCUT2D eigenvalue weighted by molar-refractivity contribution is 9.10. The van der Waals surface area contributed by atoms with E-state index in [1.54, 1.807) is 37.4 Å². The number of aromatic amines is 1. The highest BCUT2D eigenvalue weighted by Gasteiger charge is 2.12. The number of hydrogen-bond donors (Lipinski definition) is 2. The third-order valence-corrected chi connectivity index (χ3v) is 4.82. The maximum absolute atomic E-state index is 12.6. The van der Waals surface area contributed by atoms with Gasteiger partial charge in [0, 0.05) is 21.6 Å². The first kappa shape index (κ1) is 18.2. The summed E-state index contributed by atoms with van der Waals surface area (Å²) >= 11 is 3.39. The van der Waals surface area contributed by atoms with E-state index in [1.807, 2.05) is 12.1 Å². The predicted molar refractivity (Wildman–Crippen MR) is 107 cm³/mol. The minimum Gasteiger partial charge on any atom is -0.497 e. The Bertz CT molecular complexity index is 1030. The fraction of sp³-hybridized carbons (Fsp3) is 0.200. The Balaban J connectivity index is 1.94. The van der Waals surface area contributed by atoms with Crippen LogP contribution < -0.4 is 15.6 Å². The highest BCUT2D eigenvalue weighted by atomic mass is 79.9. The Kier molecular flexibility index (Phi) is 5.42. The number of H-pyrrole nitrogens is 1. The van der Waals surface area contributed by atoms with Crippen molar-refractivity contribution in [2.24, 2.45) is 0 Å². The van der Waals surface area contributed by atoms with Crippen LogP contribution in [-0.2, 0) is 6.42 Å². The number of hydrogen-bond acceptors (Lipinski definition) is 3. The Morgan fingerprint density at radius 1 is 1.19 bits per heavy atom. The molecular formula is C20H19BrN2O3. The SMILES string of the molecule is CCCc1cc(=O)[nH]c2cc(NC(=O)c3cc(OC)ccc3Br)ccc12. The van der Waals surface area contributed by atoms with Crippen molar-refractivity contribution >= 4 is 38.4 Å². The van der Waals surface area contributed by atoms with E-state index in [9.17, 15) is 9.59 Å². The van der Waals surface area contributed by atoms with Gasteiger partial charge in [-0.25, -0.2) is 0 Å². The van der Waals surface area contributed by atoms with E-state index in [1.165, 1.54) is 0 Å². The molecule has 0 saturated carbocycles. The summed E-state index contributed by atoms with van der Waals surface area (Å²) in [6.45, 7) is 2.08. The van der Waals surface area contributed by atoms with Gasteiger partial charge in [0.25, 0.3) is 5.91 Å². The lowest BCUT2D eigenvalue weighted by Gasteiger charge is -2.10. The number of anilines is 1. The number of ether oxygens (including phenoxy) is 1. The molecule has 1 heterocycles. The van der Waals surface area contributed by atoms with Crippen molar-refractivity contribution in [2.45, 2.75) is 19.8 Å². The summed E-state index contributed by atoms with van der Waals surface area (Å²) in [7, 11) is 1.55. The number of nitrogens with one attached hydrogen (secondary N) is 2. The number of aromatic nitrogens is 1. The number of carbonyl (C=O) groups is 1. The van der Waals surface area contributed by atoms with Crippen LogP contribution in [0.5, 0.6) is 5.75 Å². The zero-order chi connectivity index (χ0) is 18.7. The molecule has 0 spiro atoms. The molecule has 0 unspecified atom stereocenters. The molecule has 5 nitrogen and oxygen atoms in total. The quantitative estimate of drug-likeness (QED) is 0.645. The van der Waals surface area contributed by atoms with Crippen molar-refractivity contribution in [3.63, 3.8) is 0 Å². The van der Waals surface area contributed by atoms with Crippen molar-refractivity contribution in [3.8, 4) is 5.75 Å². The summed E-state index contributed by atoms with van der Waals surface area (Å²) < 4.78 is 5.85. The van der Waals surface area contributed by atoms with E-state index in [0.717, 1.165) is 23.8 Å². The monoisotopic (exact) mass is 414 g/mol. The zero-order valence-corrected chi connectivity index (χ0v) is 16.1. The number of halogens is 1. The number of carbonyl (C=O) groups excluding carboxylic acids is 1. The molecule has 6 heteroatoms. The van der Waals surface area contributed by atoms with Crippen LogP contribution in [0.2, 0.25) is 0 Å². The van der Waals surface area contributed by atoms with E-state index in [-0.39, 0.29) is 11.5 Å². The summed E-state index contributed by atoms with van der Waals surface area (Å²) in [4.78, 5) is 27.3. The van der Waals surface area contributed by atoms with Gasteiger partial charge < -0.3 is 15.0 Å². The molecule has 0 aliphatic heterocycles. The van der Waals surface area contributed by atoms with Gasteiger partial charge in [0.1, 0.15) is 5.75 Å². The van der Waals surface area contributed by atoms with Gasteiger partial charge in [-0.1, -0.05) is 19.4 Å². The van der Waals surface area contributed by atoms with Gasteiger partial charge in [-0.15, -0.1) is 0 Å². The summed E-state index contributed by atoms with van der Waals surface area (Å²) in [6, 6.07) is 12.4. The molecule has 3 rings (SSSR count). The molecule has 3 aromatic rings. The number of aryl methyl sites for hydroxylation is 1. The molecule has 0 aliphatic carbocycles. The van der Waals surface area contributed by atoms with E-state index in [4.69, 9.17) is 4.74 Å². The lowest BCUT2D eigenvalue weighted by atomic mass is 10.0. The van der Waals surface area contributed by atoms with Crippen molar-refractivity contribution < 1.29 is 9.53 Å². The van der Waals surface area contributed by atoms with Crippen LogP contribution in [0.1, 0.15) is 29.3 Å². The molecule has 0 fully saturated rings. The van der Waals surface area contributed by atoms with Crippen molar-refractivity contribution in [2.75, 3.05) is 12.4 Å². The number of pyridine rings is 1. The average Bonchev–Trinajstić information content (AvgIpc) is 2.62. The fourth-order valence-corrected chi connectivity index (χ4v) is 3.32.